The number of thiazole rings is 1. The molecule has 1 aliphatic carbocycles. The Kier molecular flexibility index (Phi) is 3.53. The highest BCUT2D eigenvalue weighted by molar-refractivity contribution is 9.09. The fraction of sp³-hybridized carbons (Fsp3) is 0.400. The van der Waals surface area contributed by atoms with Crippen molar-refractivity contribution in [3.8, 4) is 0 Å². The fourth-order valence-electron chi connectivity index (χ4n) is 2.70. The van der Waals surface area contributed by atoms with Crippen molar-refractivity contribution >= 4 is 27.3 Å². The number of rotatable bonds is 2. The molecule has 1 aromatic heterocycles. The number of aromatic nitrogens is 1. The van der Waals surface area contributed by atoms with E-state index in [0.29, 0.717) is 10.7 Å². The molecule has 1 heterocycles. The van der Waals surface area contributed by atoms with Crippen LogP contribution in [0.25, 0.3) is 0 Å². The van der Waals surface area contributed by atoms with Crippen LogP contribution in [0.1, 0.15) is 33.1 Å². The van der Waals surface area contributed by atoms with E-state index in [1.165, 1.54) is 29.0 Å². The Hall–Kier alpha value is -0.670. The first-order chi connectivity index (χ1) is 8.74. The third kappa shape index (κ3) is 2.39. The van der Waals surface area contributed by atoms with E-state index in [0.717, 1.165) is 12.1 Å². The quantitative estimate of drug-likeness (QED) is 0.731. The van der Waals surface area contributed by atoms with Crippen LogP contribution in [0.2, 0.25) is 0 Å². The van der Waals surface area contributed by atoms with Crippen molar-refractivity contribution in [1.29, 1.82) is 0 Å². The normalized spacial score (nSPS) is 22.8. The Morgan fingerprint density at radius 3 is 3.00 bits per heavy atom. The Labute approximate surface area is 120 Å². The first-order valence-electron chi connectivity index (χ1n) is 6.37. The SMILES string of the molecule is Cc1csc(CC2CCc3ccccc3C2Br)n1. The first kappa shape index (κ1) is 12.4. The number of nitrogens with zero attached hydrogens (tertiary/aromatic N) is 1. The number of halogens is 1. The molecule has 3 heteroatoms. The molecular weight excluding hydrogens is 306 g/mol. The Bertz CT molecular complexity index is 549. The zero-order chi connectivity index (χ0) is 12.5. The van der Waals surface area contributed by atoms with E-state index in [1.54, 1.807) is 11.3 Å². The highest BCUT2D eigenvalue weighted by atomic mass is 79.9. The van der Waals surface area contributed by atoms with Gasteiger partial charge >= 0.3 is 0 Å². The average Bonchev–Trinajstić information content (AvgIpc) is 2.79. The van der Waals surface area contributed by atoms with Crippen molar-refractivity contribution in [2.75, 3.05) is 0 Å². The van der Waals surface area contributed by atoms with Crippen LogP contribution in [-0.2, 0) is 12.8 Å². The molecule has 0 N–H and O–H groups in total. The van der Waals surface area contributed by atoms with Crippen LogP contribution in [-0.4, -0.2) is 4.98 Å². The van der Waals surface area contributed by atoms with Gasteiger partial charge in [0.05, 0.1) is 5.01 Å². The molecule has 0 radical (unpaired) electrons. The molecule has 2 aromatic rings. The first-order valence-corrected chi connectivity index (χ1v) is 8.16. The van der Waals surface area contributed by atoms with Crippen LogP contribution in [0, 0.1) is 12.8 Å². The molecule has 0 bridgehead atoms. The summed E-state index contributed by atoms with van der Waals surface area (Å²) in [6.07, 6.45) is 3.56. The highest BCUT2D eigenvalue weighted by Crippen LogP contribution is 2.42. The third-order valence-corrected chi connectivity index (χ3v) is 5.88. The van der Waals surface area contributed by atoms with Gasteiger partial charge in [-0.05, 0) is 36.8 Å². The molecule has 94 valence electrons. The largest absolute Gasteiger partial charge is 0.247 e. The lowest BCUT2D eigenvalue weighted by molar-refractivity contribution is 0.451. The van der Waals surface area contributed by atoms with E-state index in [4.69, 9.17) is 0 Å². The minimum atomic E-state index is 0.478. The van der Waals surface area contributed by atoms with E-state index < -0.39 is 0 Å². The van der Waals surface area contributed by atoms with Crippen LogP contribution in [0.15, 0.2) is 29.6 Å². The van der Waals surface area contributed by atoms with E-state index in [-0.39, 0.29) is 0 Å². The zero-order valence-electron chi connectivity index (χ0n) is 10.4. The molecule has 0 amide bonds. The summed E-state index contributed by atoms with van der Waals surface area (Å²) in [6, 6.07) is 8.80. The molecular formula is C15H16BrNS. The number of hydrogen-bond donors (Lipinski definition) is 0. The van der Waals surface area contributed by atoms with Crippen molar-refractivity contribution in [2.45, 2.75) is 31.0 Å². The van der Waals surface area contributed by atoms with Crippen LogP contribution in [0.4, 0.5) is 0 Å². The van der Waals surface area contributed by atoms with E-state index in [1.807, 2.05) is 0 Å². The molecule has 2 atom stereocenters. The minimum Gasteiger partial charge on any atom is -0.247 e. The fourth-order valence-corrected chi connectivity index (χ4v) is 4.46. The minimum absolute atomic E-state index is 0.478. The van der Waals surface area contributed by atoms with Gasteiger partial charge in [0.1, 0.15) is 0 Å². The summed E-state index contributed by atoms with van der Waals surface area (Å²) in [4.78, 5) is 5.07. The Balaban J connectivity index is 1.80. The molecule has 0 saturated carbocycles. The summed E-state index contributed by atoms with van der Waals surface area (Å²) >= 11 is 5.69. The van der Waals surface area contributed by atoms with Crippen molar-refractivity contribution < 1.29 is 0 Å². The predicted octanol–water partition coefficient (Wildman–Crippen LogP) is 4.69. The second-order valence-electron chi connectivity index (χ2n) is 4.99. The predicted molar refractivity (Wildman–Crippen MR) is 80.5 cm³/mol. The summed E-state index contributed by atoms with van der Waals surface area (Å²) < 4.78 is 0. The smallest absolute Gasteiger partial charge is 0.0931 e. The molecule has 0 spiro atoms. The number of alkyl halides is 1. The molecule has 0 saturated heterocycles. The maximum absolute atomic E-state index is 4.59. The maximum atomic E-state index is 4.59. The average molecular weight is 322 g/mol. The van der Waals surface area contributed by atoms with Gasteiger partial charge in [-0.25, -0.2) is 4.98 Å². The summed E-state index contributed by atoms with van der Waals surface area (Å²) in [6.45, 7) is 2.07. The highest BCUT2D eigenvalue weighted by Gasteiger charge is 2.27. The van der Waals surface area contributed by atoms with Crippen molar-refractivity contribution in [1.82, 2.24) is 4.98 Å². The van der Waals surface area contributed by atoms with E-state index in [2.05, 4.69) is 57.5 Å². The van der Waals surface area contributed by atoms with Crippen LogP contribution >= 0.6 is 27.3 Å². The third-order valence-electron chi connectivity index (χ3n) is 3.65. The Morgan fingerprint density at radius 2 is 2.22 bits per heavy atom. The van der Waals surface area contributed by atoms with Crippen LogP contribution in [0.3, 0.4) is 0 Å². The molecule has 1 aromatic carbocycles. The summed E-state index contributed by atoms with van der Waals surface area (Å²) in [5, 5.41) is 3.43. The van der Waals surface area contributed by atoms with E-state index >= 15 is 0 Å². The summed E-state index contributed by atoms with van der Waals surface area (Å²) in [5.41, 5.74) is 4.13. The van der Waals surface area contributed by atoms with Crippen LogP contribution in [0.5, 0.6) is 0 Å². The lowest BCUT2D eigenvalue weighted by Gasteiger charge is -2.29. The molecule has 18 heavy (non-hydrogen) atoms. The van der Waals surface area contributed by atoms with Crippen molar-refractivity contribution in [3.05, 3.63) is 51.5 Å². The van der Waals surface area contributed by atoms with Gasteiger partial charge in [-0.1, -0.05) is 40.2 Å². The number of aryl methyl sites for hydroxylation is 2. The lowest BCUT2D eigenvalue weighted by Crippen LogP contribution is -2.18. The number of benzene rings is 1. The zero-order valence-corrected chi connectivity index (χ0v) is 12.8. The molecule has 1 nitrogen and oxygen atoms in total. The van der Waals surface area contributed by atoms with Gasteiger partial charge in [-0.3, -0.25) is 0 Å². The summed E-state index contributed by atoms with van der Waals surface area (Å²) in [5.74, 6) is 0.672. The molecule has 0 aliphatic heterocycles. The van der Waals surface area contributed by atoms with Gasteiger partial charge in [-0.15, -0.1) is 11.3 Å². The van der Waals surface area contributed by atoms with Crippen molar-refractivity contribution in [2.24, 2.45) is 5.92 Å². The summed E-state index contributed by atoms with van der Waals surface area (Å²) in [7, 11) is 0. The number of fused-ring (bicyclic) bond motifs is 1. The maximum Gasteiger partial charge on any atom is 0.0931 e. The van der Waals surface area contributed by atoms with Gasteiger partial charge < -0.3 is 0 Å². The van der Waals surface area contributed by atoms with Gasteiger partial charge in [0.2, 0.25) is 0 Å². The second-order valence-corrected chi connectivity index (χ2v) is 6.92. The monoisotopic (exact) mass is 321 g/mol. The topological polar surface area (TPSA) is 12.9 Å². The van der Waals surface area contributed by atoms with Crippen molar-refractivity contribution in [3.63, 3.8) is 0 Å². The van der Waals surface area contributed by atoms with Crippen LogP contribution < -0.4 is 0 Å². The second kappa shape index (κ2) is 5.14. The van der Waals surface area contributed by atoms with Gasteiger partial charge in [0.25, 0.3) is 0 Å². The van der Waals surface area contributed by atoms with Gasteiger partial charge in [0, 0.05) is 22.3 Å². The molecule has 1 aliphatic rings. The van der Waals surface area contributed by atoms with Gasteiger partial charge in [0.15, 0.2) is 0 Å². The van der Waals surface area contributed by atoms with E-state index in [9.17, 15) is 0 Å². The number of hydrogen-bond acceptors (Lipinski definition) is 2. The standard InChI is InChI=1S/C15H16BrNS/c1-10-9-18-14(17-10)8-12-7-6-11-4-2-3-5-13(11)15(12)16/h2-5,9,12,15H,6-8H2,1H3. The lowest BCUT2D eigenvalue weighted by atomic mass is 9.82. The molecule has 2 unspecified atom stereocenters. The Morgan fingerprint density at radius 1 is 1.39 bits per heavy atom. The molecule has 0 fully saturated rings. The van der Waals surface area contributed by atoms with Gasteiger partial charge in [-0.2, -0.15) is 0 Å². The molecule has 3 rings (SSSR count).